The third kappa shape index (κ3) is 4.10. The Morgan fingerprint density at radius 3 is 2.88 bits per heavy atom. The first-order chi connectivity index (χ1) is 7.63. The molecular formula is C11H14FNO2S. The van der Waals surface area contributed by atoms with E-state index in [9.17, 15) is 9.18 Å². The van der Waals surface area contributed by atoms with Gasteiger partial charge in [0.15, 0.2) is 11.6 Å². The van der Waals surface area contributed by atoms with E-state index in [1.54, 1.807) is 23.9 Å². The number of primary amides is 1. The van der Waals surface area contributed by atoms with E-state index in [4.69, 9.17) is 10.5 Å². The van der Waals surface area contributed by atoms with Gasteiger partial charge in [-0.05, 0) is 17.7 Å². The normalized spacial score (nSPS) is 10.1. The first-order valence-corrected chi connectivity index (χ1v) is 5.97. The number of carbonyl (C=O) groups excluding carboxylic acids is 1. The van der Waals surface area contributed by atoms with Gasteiger partial charge in [0.1, 0.15) is 0 Å². The van der Waals surface area contributed by atoms with Gasteiger partial charge in [-0.3, -0.25) is 4.79 Å². The Morgan fingerprint density at radius 1 is 1.56 bits per heavy atom. The zero-order chi connectivity index (χ0) is 12.0. The molecule has 2 N–H and O–H groups in total. The fourth-order valence-corrected chi connectivity index (χ4v) is 2.07. The first-order valence-electron chi connectivity index (χ1n) is 4.82. The molecule has 0 heterocycles. The third-order valence-corrected chi connectivity index (χ3v) is 3.01. The van der Waals surface area contributed by atoms with Gasteiger partial charge in [-0.15, -0.1) is 0 Å². The van der Waals surface area contributed by atoms with Crippen molar-refractivity contribution in [3.63, 3.8) is 0 Å². The van der Waals surface area contributed by atoms with Gasteiger partial charge in [-0.1, -0.05) is 6.07 Å². The van der Waals surface area contributed by atoms with Gasteiger partial charge < -0.3 is 10.5 Å². The molecule has 1 aromatic carbocycles. The van der Waals surface area contributed by atoms with Gasteiger partial charge in [0, 0.05) is 17.9 Å². The molecule has 0 bridgehead atoms. The molecule has 16 heavy (non-hydrogen) atoms. The monoisotopic (exact) mass is 243 g/mol. The molecule has 0 saturated carbocycles. The van der Waals surface area contributed by atoms with E-state index < -0.39 is 0 Å². The summed E-state index contributed by atoms with van der Waals surface area (Å²) in [5.41, 5.74) is 5.87. The second kappa shape index (κ2) is 6.37. The minimum atomic E-state index is -0.365. The van der Waals surface area contributed by atoms with Crippen LogP contribution in [-0.4, -0.2) is 18.8 Å². The average Bonchev–Trinajstić information content (AvgIpc) is 2.24. The topological polar surface area (TPSA) is 52.3 Å². The van der Waals surface area contributed by atoms with Gasteiger partial charge >= 0.3 is 0 Å². The molecule has 5 heteroatoms. The molecule has 1 aromatic rings. The lowest BCUT2D eigenvalue weighted by Crippen LogP contribution is -2.10. The summed E-state index contributed by atoms with van der Waals surface area (Å²) in [5, 5.41) is 0. The highest BCUT2D eigenvalue weighted by Gasteiger charge is 2.03. The largest absolute Gasteiger partial charge is 0.494 e. The van der Waals surface area contributed by atoms with Crippen molar-refractivity contribution in [1.29, 1.82) is 0 Å². The zero-order valence-electron chi connectivity index (χ0n) is 9.03. The van der Waals surface area contributed by atoms with Crippen LogP contribution in [0, 0.1) is 5.82 Å². The third-order valence-electron chi connectivity index (χ3n) is 1.98. The Balaban J connectivity index is 2.43. The van der Waals surface area contributed by atoms with E-state index in [1.807, 2.05) is 0 Å². The number of thioether (sulfide) groups is 1. The van der Waals surface area contributed by atoms with Crippen molar-refractivity contribution >= 4 is 17.7 Å². The minimum absolute atomic E-state index is 0.242. The molecule has 0 aliphatic heterocycles. The standard InChI is InChI=1S/C11H14FNO2S/c1-15-10-3-2-8(6-9(10)12)7-16-5-4-11(13)14/h2-3,6H,4-5,7H2,1H3,(H2,13,14). The molecule has 0 aliphatic rings. The lowest BCUT2D eigenvalue weighted by molar-refractivity contribution is -0.117. The first kappa shape index (κ1) is 12.8. The Morgan fingerprint density at radius 2 is 2.31 bits per heavy atom. The summed E-state index contributed by atoms with van der Waals surface area (Å²) in [7, 11) is 1.43. The molecule has 1 rings (SSSR count). The molecular weight excluding hydrogens is 229 g/mol. The van der Waals surface area contributed by atoms with Gasteiger partial charge in [-0.25, -0.2) is 4.39 Å². The lowest BCUT2D eigenvalue weighted by atomic mass is 10.2. The predicted octanol–water partition coefficient (Wildman–Crippen LogP) is 1.94. The number of rotatable bonds is 6. The maximum Gasteiger partial charge on any atom is 0.218 e. The smallest absolute Gasteiger partial charge is 0.218 e. The van der Waals surface area contributed by atoms with Crippen LogP contribution in [0.15, 0.2) is 18.2 Å². The Hall–Kier alpha value is -1.23. The van der Waals surface area contributed by atoms with Crippen LogP contribution in [-0.2, 0) is 10.5 Å². The summed E-state index contributed by atoms with van der Waals surface area (Å²) < 4.78 is 18.1. The number of nitrogens with two attached hydrogens (primary N) is 1. The van der Waals surface area contributed by atoms with Crippen molar-refractivity contribution in [3.8, 4) is 5.75 Å². The van der Waals surface area contributed by atoms with Crippen molar-refractivity contribution in [2.45, 2.75) is 12.2 Å². The molecule has 1 amide bonds. The van der Waals surface area contributed by atoms with Crippen molar-refractivity contribution in [1.82, 2.24) is 0 Å². The second-order valence-corrected chi connectivity index (χ2v) is 4.34. The maximum atomic E-state index is 13.3. The SMILES string of the molecule is COc1ccc(CSCCC(N)=O)cc1F. The molecule has 0 radical (unpaired) electrons. The van der Waals surface area contributed by atoms with Crippen LogP contribution >= 0.6 is 11.8 Å². The Bertz CT molecular complexity index is 371. The van der Waals surface area contributed by atoms with E-state index in [0.29, 0.717) is 17.9 Å². The molecule has 0 aliphatic carbocycles. The fraction of sp³-hybridized carbons (Fsp3) is 0.364. The van der Waals surface area contributed by atoms with Gasteiger partial charge in [0.05, 0.1) is 7.11 Å². The number of ether oxygens (including phenoxy) is 1. The lowest BCUT2D eigenvalue weighted by Gasteiger charge is -2.04. The number of hydrogen-bond acceptors (Lipinski definition) is 3. The predicted molar refractivity (Wildman–Crippen MR) is 62.9 cm³/mol. The number of amides is 1. The Labute approximate surface area is 98.2 Å². The molecule has 88 valence electrons. The van der Waals surface area contributed by atoms with E-state index in [2.05, 4.69) is 0 Å². The summed E-state index contributed by atoms with van der Waals surface area (Å²) >= 11 is 1.55. The van der Waals surface area contributed by atoms with E-state index >= 15 is 0 Å². The quantitative estimate of drug-likeness (QED) is 0.777. The number of carbonyl (C=O) groups is 1. The van der Waals surface area contributed by atoms with Crippen LogP contribution in [0.4, 0.5) is 4.39 Å². The van der Waals surface area contributed by atoms with Crippen molar-refractivity contribution in [3.05, 3.63) is 29.6 Å². The molecule has 0 unspecified atom stereocenters. The van der Waals surface area contributed by atoms with E-state index in [1.165, 1.54) is 13.2 Å². The maximum absolute atomic E-state index is 13.3. The minimum Gasteiger partial charge on any atom is -0.494 e. The highest BCUT2D eigenvalue weighted by Crippen LogP contribution is 2.20. The molecule has 0 fully saturated rings. The highest BCUT2D eigenvalue weighted by molar-refractivity contribution is 7.98. The van der Waals surface area contributed by atoms with Gasteiger partial charge in [0.2, 0.25) is 5.91 Å². The van der Waals surface area contributed by atoms with Crippen LogP contribution in [0.3, 0.4) is 0 Å². The molecule has 0 saturated heterocycles. The van der Waals surface area contributed by atoms with Crippen molar-refractivity contribution < 1.29 is 13.9 Å². The Kier molecular flexibility index (Phi) is 5.11. The summed E-state index contributed by atoms with van der Waals surface area (Å²) in [5.74, 6) is 0.881. The molecule has 0 spiro atoms. The molecule has 0 atom stereocenters. The summed E-state index contributed by atoms with van der Waals surface area (Å²) in [6.07, 6.45) is 0.350. The van der Waals surface area contributed by atoms with Crippen molar-refractivity contribution in [2.24, 2.45) is 5.73 Å². The van der Waals surface area contributed by atoms with Gasteiger partial charge in [-0.2, -0.15) is 11.8 Å². The molecule has 0 aromatic heterocycles. The average molecular weight is 243 g/mol. The van der Waals surface area contributed by atoms with Crippen LogP contribution in [0.2, 0.25) is 0 Å². The summed E-state index contributed by atoms with van der Waals surface area (Å²) in [6.45, 7) is 0. The van der Waals surface area contributed by atoms with E-state index in [-0.39, 0.29) is 17.5 Å². The van der Waals surface area contributed by atoms with Crippen LogP contribution in [0.1, 0.15) is 12.0 Å². The van der Waals surface area contributed by atoms with Crippen LogP contribution in [0.25, 0.3) is 0 Å². The van der Waals surface area contributed by atoms with Crippen LogP contribution < -0.4 is 10.5 Å². The van der Waals surface area contributed by atoms with Gasteiger partial charge in [0.25, 0.3) is 0 Å². The number of benzene rings is 1. The molecule has 3 nitrogen and oxygen atoms in total. The fourth-order valence-electron chi connectivity index (χ4n) is 1.16. The summed E-state index contributed by atoms with van der Waals surface area (Å²) in [6, 6.07) is 4.84. The highest BCUT2D eigenvalue weighted by atomic mass is 32.2. The second-order valence-electron chi connectivity index (χ2n) is 3.24. The van der Waals surface area contributed by atoms with E-state index in [0.717, 1.165) is 5.56 Å². The zero-order valence-corrected chi connectivity index (χ0v) is 9.85. The number of halogens is 1. The summed E-state index contributed by atoms with van der Waals surface area (Å²) in [4.78, 5) is 10.5. The van der Waals surface area contributed by atoms with Crippen molar-refractivity contribution in [2.75, 3.05) is 12.9 Å². The van der Waals surface area contributed by atoms with Crippen LogP contribution in [0.5, 0.6) is 5.75 Å². The number of hydrogen-bond donors (Lipinski definition) is 1. The number of methoxy groups -OCH3 is 1.